The molecule has 0 aromatic carbocycles. The molecular weight excluding hydrogens is 260 g/mol. The van der Waals surface area contributed by atoms with Gasteiger partial charge < -0.3 is 10.4 Å². The quantitative estimate of drug-likeness (QED) is 0.863. The van der Waals surface area contributed by atoms with E-state index in [1.165, 1.54) is 12.4 Å². The van der Waals surface area contributed by atoms with Crippen LogP contribution in [0.1, 0.15) is 0 Å². The summed E-state index contributed by atoms with van der Waals surface area (Å²) in [7, 11) is 0. The molecule has 0 saturated heterocycles. The third-order valence-corrected chi connectivity index (χ3v) is 1.79. The molecule has 0 aliphatic carbocycles. The molecule has 0 fully saturated rings. The van der Waals surface area contributed by atoms with Crippen LogP contribution in [0.15, 0.2) is 16.9 Å². The van der Waals surface area contributed by atoms with Gasteiger partial charge in [0.05, 0.1) is 4.47 Å². The van der Waals surface area contributed by atoms with E-state index in [4.69, 9.17) is 5.11 Å². The van der Waals surface area contributed by atoms with Gasteiger partial charge in [-0.15, -0.1) is 0 Å². The van der Waals surface area contributed by atoms with Crippen molar-refractivity contribution in [3.05, 3.63) is 16.9 Å². The maximum absolute atomic E-state index is 11.9. The molecule has 2 N–H and O–H groups in total. The van der Waals surface area contributed by atoms with Gasteiger partial charge in [-0.2, -0.15) is 0 Å². The number of nitrogens with one attached hydrogen (secondary N) is 1. The summed E-state index contributed by atoms with van der Waals surface area (Å²) in [4.78, 5) is 7.57. The second kappa shape index (κ2) is 5.16. The molecule has 1 heterocycles. The monoisotopic (exact) mass is 267 g/mol. The van der Waals surface area contributed by atoms with Gasteiger partial charge in [-0.3, -0.25) is 0 Å². The van der Waals surface area contributed by atoms with Crippen LogP contribution in [0.5, 0.6) is 0 Å². The molecule has 1 aromatic heterocycles. The van der Waals surface area contributed by atoms with Crippen molar-refractivity contribution in [3.63, 3.8) is 0 Å². The highest BCUT2D eigenvalue weighted by Gasteiger charge is 2.16. The molecular formula is C7H8BrF2N3O. The van der Waals surface area contributed by atoms with Crippen LogP contribution in [0.4, 0.5) is 14.7 Å². The van der Waals surface area contributed by atoms with Crippen LogP contribution in [0, 0.1) is 0 Å². The minimum Gasteiger partial charge on any atom is -0.385 e. The lowest BCUT2D eigenvalue weighted by Crippen LogP contribution is -2.27. The second-order valence-electron chi connectivity index (χ2n) is 2.51. The second-order valence-corrected chi connectivity index (χ2v) is 3.42. The van der Waals surface area contributed by atoms with Crippen molar-refractivity contribution in [1.82, 2.24) is 9.97 Å². The Morgan fingerprint density at radius 3 is 2.50 bits per heavy atom. The summed E-state index contributed by atoms with van der Waals surface area (Å²) in [5.74, 6) is 0.202. The largest absolute Gasteiger partial charge is 0.385 e. The minimum absolute atomic E-state index is 0.202. The Morgan fingerprint density at radius 2 is 2.00 bits per heavy atom. The highest BCUT2D eigenvalue weighted by Crippen LogP contribution is 2.07. The molecule has 0 aliphatic heterocycles. The SMILES string of the molecule is OC(CNc1ncc(Br)cn1)C(F)F. The summed E-state index contributed by atoms with van der Waals surface area (Å²) >= 11 is 3.13. The molecule has 0 bridgehead atoms. The number of anilines is 1. The van der Waals surface area contributed by atoms with Crippen LogP contribution in [0.25, 0.3) is 0 Å². The van der Waals surface area contributed by atoms with Crippen molar-refractivity contribution in [2.75, 3.05) is 11.9 Å². The van der Waals surface area contributed by atoms with Crippen molar-refractivity contribution in [2.45, 2.75) is 12.5 Å². The lowest BCUT2D eigenvalue weighted by molar-refractivity contribution is 0.00376. The van der Waals surface area contributed by atoms with E-state index in [2.05, 4.69) is 31.2 Å². The molecule has 1 aromatic rings. The van der Waals surface area contributed by atoms with E-state index < -0.39 is 12.5 Å². The van der Waals surface area contributed by atoms with Crippen LogP contribution >= 0.6 is 15.9 Å². The van der Waals surface area contributed by atoms with E-state index in [9.17, 15) is 8.78 Å². The summed E-state index contributed by atoms with van der Waals surface area (Å²) in [6, 6.07) is 0. The molecule has 1 atom stereocenters. The average molecular weight is 268 g/mol. The lowest BCUT2D eigenvalue weighted by Gasteiger charge is -2.09. The van der Waals surface area contributed by atoms with Gasteiger partial charge in [0.2, 0.25) is 5.95 Å². The van der Waals surface area contributed by atoms with Crippen molar-refractivity contribution in [2.24, 2.45) is 0 Å². The number of hydrogen-bond donors (Lipinski definition) is 2. The van der Waals surface area contributed by atoms with Crippen molar-refractivity contribution in [3.8, 4) is 0 Å². The maximum atomic E-state index is 11.9. The summed E-state index contributed by atoms with van der Waals surface area (Å²) in [6.07, 6.45) is -1.52. The van der Waals surface area contributed by atoms with Crippen LogP contribution < -0.4 is 5.32 Å². The molecule has 78 valence electrons. The van der Waals surface area contributed by atoms with Crippen LogP contribution in [-0.4, -0.2) is 34.1 Å². The smallest absolute Gasteiger partial charge is 0.265 e. The van der Waals surface area contributed by atoms with Gasteiger partial charge in [0.25, 0.3) is 6.43 Å². The highest BCUT2D eigenvalue weighted by atomic mass is 79.9. The fraction of sp³-hybridized carbons (Fsp3) is 0.429. The normalized spacial score (nSPS) is 12.9. The Bertz CT molecular complexity index is 283. The van der Waals surface area contributed by atoms with Crippen molar-refractivity contribution >= 4 is 21.9 Å². The molecule has 7 heteroatoms. The fourth-order valence-electron chi connectivity index (χ4n) is 0.689. The predicted octanol–water partition coefficient (Wildman–Crippen LogP) is 1.28. The number of rotatable bonds is 4. The standard InChI is InChI=1S/C7H8BrF2N3O/c8-4-1-11-7(12-2-4)13-3-5(14)6(9)10/h1-2,5-6,14H,3H2,(H,11,12,13). The number of hydrogen-bond acceptors (Lipinski definition) is 4. The number of aliphatic hydroxyl groups is 1. The average Bonchev–Trinajstić information content (AvgIpc) is 2.16. The number of aromatic nitrogens is 2. The Hall–Kier alpha value is -0.820. The van der Waals surface area contributed by atoms with E-state index in [-0.39, 0.29) is 12.5 Å². The Balaban J connectivity index is 2.42. The molecule has 0 radical (unpaired) electrons. The van der Waals surface area contributed by atoms with Crippen LogP contribution in [0.2, 0.25) is 0 Å². The molecule has 1 unspecified atom stereocenters. The number of alkyl halides is 2. The number of aliphatic hydroxyl groups excluding tert-OH is 1. The van der Waals surface area contributed by atoms with Gasteiger partial charge in [-0.05, 0) is 15.9 Å². The topological polar surface area (TPSA) is 58.0 Å². The molecule has 14 heavy (non-hydrogen) atoms. The van der Waals surface area contributed by atoms with Gasteiger partial charge >= 0.3 is 0 Å². The lowest BCUT2D eigenvalue weighted by atomic mass is 10.4. The van der Waals surface area contributed by atoms with Crippen molar-refractivity contribution in [1.29, 1.82) is 0 Å². The zero-order valence-corrected chi connectivity index (χ0v) is 8.58. The fourth-order valence-corrected chi connectivity index (χ4v) is 0.893. The number of halogens is 3. The zero-order valence-electron chi connectivity index (χ0n) is 6.99. The predicted molar refractivity (Wildman–Crippen MR) is 50.2 cm³/mol. The van der Waals surface area contributed by atoms with E-state index in [1.807, 2.05) is 0 Å². The van der Waals surface area contributed by atoms with Crippen molar-refractivity contribution < 1.29 is 13.9 Å². The first-order chi connectivity index (χ1) is 6.59. The van der Waals surface area contributed by atoms with Gasteiger partial charge in [-0.1, -0.05) is 0 Å². The molecule has 0 saturated carbocycles. The van der Waals surface area contributed by atoms with E-state index in [0.29, 0.717) is 4.47 Å². The van der Waals surface area contributed by atoms with E-state index in [1.54, 1.807) is 0 Å². The molecule has 1 rings (SSSR count). The summed E-state index contributed by atoms with van der Waals surface area (Å²) in [5.41, 5.74) is 0. The molecule has 0 amide bonds. The first-order valence-electron chi connectivity index (χ1n) is 3.77. The first-order valence-corrected chi connectivity index (χ1v) is 4.56. The van der Waals surface area contributed by atoms with E-state index in [0.717, 1.165) is 0 Å². The summed E-state index contributed by atoms with van der Waals surface area (Å²) in [6.45, 7) is -0.278. The third-order valence-electron chi connectivity index (χ3n) is 1.38. The van der Waals surface area contributed by atoms with Gasteiger partial charge in [0, 0.05) is 18.9 Å². The number of nitrogens with zero attached hydrogens (tertiary/aromatic N) is 2. The Labute approximate surface area is 87.5 Å². The molecule has 4 nitrogen and oxygen atoms in total. The Kier molecular flexibility index (Phi) is 4.15. The molecule has 0 aliphatic rings. The van der Waals surface area contributed by atoms with Gasteiger partial charge in [0.1, 0.15) is 6.10 Å². The van der Waals surface area contributed by atoms with Crippen LogP contribution in [-0.2, 0) is 0 Å². The van der Waals surface area contributed by atoms with Crippen LogP contribution in [0.3, 0.4) is 0 Å². The summed E-state index contributed by atoms with van der Waals surface area (Å²) in [5, 5.41) is 11.2. The van der Waals surface area contributed by atoms with E-state index >= 15 is 0 Å². The highest BCUT2D eigenvalue weighted by molar-refractivity contribution is 9.10. The minimum atomic E-state index is -2.77. The maximum Gasteiger partial charge on any atom is 0.265 e. The van der Waals surface area contributed by atoms with Gasteiger partial charge in [0.15, 0.2) is 0 Å². The Morgan fingerprint density at radius 1 is 1.43 bits per heavy atom. The summed E-state index contributed by atoms with van der Waals surface area (Å²) < 4.78 is 24.4. The third kappa shape index (κ3) is 3.51. The first kappa shape index (κ1) is 11.3. The van der Waals surface area contributed by atoms with Gasteiger partial charge in [-0.25, -0.2) is 18.7 Å². The zero-order chi connectivity index (χ0) is 10.6. The molecule has 0 spiro atoms.